The van der Waals surface area contributed by atoms with Gasteiger partial charge in [0.05, 0.1) is 18.9 Å². The Balaban J connectivity index is 2.62. The van der Waals surface area contributed by atoms with Gasteiger partial charge in [-0.3, -0.25) is 5.01 Å². The summed E-state index contributed by atoms with van der Waals surface area (Å²) in [5, 5.41) is 15.0. The molecule has 0 unspecified atom stereocenters. The monoisotopic (exact) mass is 224 g/mol. The Labute approximate surface area is 95.2 Å². The minimum atomic E-state index is -0.257. The minimum absolute atomic E-state index is 0.0247. The Morgan fingerprint density at radius 1 is 1.44 bits per heavy atom. The summed E-state index contributed by atoms with van der Waals surface area (Å²) in [6.45, 7) is 2.07. The number of likely N-dealkylation sites (N-methyl/N-ethyl adjacent to an activating group) is 1. The highest BCUT2D eigenvalue weighted by molar-refractivity contribution is 5.79. The molecule has 3 nitrogen and oxygen atoms in total. The van der Waals surface area contributed by atoms with Gasteiger partial charge in [-0.15, -0.1) is 0 Å². The molecule has 0 saturated heterocycles. The summed E-state index contributed by atoms with van der Waals surface area (Å²) in [4.78, 5) is 0. The zero-order chi connectivity index (χ0) is 12.0. The molecule has 0 fully saturated rings. The van der Waals surface area contributed by atoms with Crippen LogP contribution < -0.4 is 0 Å². The lowest BCUT2D eigenvalue weighted by molar-refractivity contribution is 0.148. The summed E-state index contributed by atoms with van der Waals surface area (Å²) in [6.07, 6.45) is 2.48. The maximum absolute atomic E-state index is 12.6. The molecule has 0 aliphatic heterocycles. The number of hydrogen-bond acceptors (Lipinski definition) is 3. The van der Waals surface area contributed by atoms with E-state index in [4.69, 9.17) is 5.11 Å². The highest BCUT2D eigenvalue weighted by atomic mass is 19.1. The van der Waals surface area contributed by atoms with Crippen LogP contribution in [-0.4, -0.2) is 36.0 Å². The largest absolute Gasteiger partial charge is 0.394 e. The van der Waals surface area contributed by atoms with E-state index in [0.29, 0.717) is 0 Å². The van der Waals surface area contributed by atoms with Crippen molar-refractivity contribution >= 4 is 6.21 Å². The van der Waals surface area contributed by atoms with E-state index in [1.165, 1.54) is 12.1 Å². The van der Waals surface area contributed by atoms with E-state index in [1.807, 2.05) is 14.0 Å². The lowest BCUT2D eigenvalue weighted by Crippen LogP contribution is -2.29. The fourth-order valence-electron chi connectivity index (χ4n) is 1.31. The van der Waals surface area contributed by atoms with E-state index in [-0.39, 0.29) is 18.5 Å². The molecular formula is C12H17FN2O. The molecule has 0 bridgehead atoms. The van der Waals surface area contributed by atoms with Crippen LogP contribution in [0, 0.1) is 5.82 Å². The second kappa shape index (κ2) is 6.23. The summed E-state index contributed by atoms with van der Waals surface area (Å²) in [5.74, 6) is -0.257. The second-order valence-electron chi connectivity index (χ2n) is 3.61. The quantitative estimate of drug-likeness (QED) is 0.612. The number of aliphatic hydroxyl groups is 1. The van der Waals surface area contributed by atoms with Crippen molar-refractivity contribution in [1.29, 1.82) is 0 Å². The Morgan fingerprint density at radius 2 is 2.06 bits per heavy atom. The first-order valence-electron chi connectivity index (χ1n) is 5.30. The van der Waals surface area contributed by atoms with Gasteiger partial charge in [0, 0.05) is 7.05 Å². The number of rotatable bonds is 5. The van der Waals surface area contributed by atoms with Gasteiger partial charge in [0.1, 0.15) is 5.82 Å². The summed E-state index contributed by atoms with van der Waals surface area (Å²) in [6, 6.07) is 6.13. The van der Waals surface area contributed by atoms with Crippen LogP contribution in [0.1, 0.15) is 18.9 Å². The van der Waals surface area contributed by atoms with Gasteiger partial charge in [0.2, 0.25) is 0 Å². The van der Waals surface area contributed by atoms with Crippen molar-refractivity contribution in [2.75, 3.05) is 13.7 Å². The third kappa shape index (κ3) is 3.62. The summed E-state index contributed by atoms with van der Waals surface area (Å²) in [5.41, 5.74) is 0.834. The third-order valence-electron chi connectivity index (χ3n) is 2.47. The molecule has 0 aliphatic carbocycles. The average Bonchev–Trinajstić information content (AvgIpc) is 2.30. The van der Waals surface area contributed by atoms with Crippen molar-refractivity contribution in [2.24, 2.45) is 5.10 Å². The minimum Gasteiger partial charge on any atom is -0.394 e. The van der Waals surface area contributed by atoms with E-state index in [1.54, 1.807) is 23.4 Å². The van der Waals surface area contributed by atoms with E-state index in [2.05, 4.69) is 5.10 Å². The number of benzene rings is 1. The molecule has 0 heterocycles. The average molecular weight is 224 g/mol. The molecule has 16 heavy (non-hydrogen) atoms. The van der Waals surface area contributed by atoms with Gasteiger partial charge in [-0.05, 0) is 24.1 Å². The SMILES string of the molecule is CC[C@H](CO)N(C)/N=C/c1ccc(F)cc1. The Kier molecular flexibility index (Phi) is 4.92. The maximum atomic E-state index is 12.6. The molecule has 1 aromatic rings. The van der Waals surface area contributed by atoms with E-state index >= 15 is 0 Å². The molecule has 0 amide bonds. The number of aliphatic hydroxyl groups excluding tert-OH is 1. The first-order chi connectivity index (χ1) is 7.67. The molecule has 0 saturated carbocycles. The topological polar surface area (TPSA) is 35.8 Å². The predicted octanol–water partition coefficient (Wildman–Crippen LogP) is 1.86. The van der Waals surface area contributed by atoms with Gasteiger partial charge in [-0.1, -0.05) is 19.1 Å². The van der Waals surface area contributed by atoms with Crippen LogP contribution in [0.2, 0.25) is 0 Å². The normalized spacial score (nSPS) is 13.0. The van der Waals surface area contributed by atoms with Gasteiger partial charge < -0.3 is 5.11 Å². The molecule has 1 atom stereocenters. The first-order valence-corrected chi connectivity index (χ1v) is 5.30. The smallest absolute Gasteiger partial charge is 0.123 e. The van der Waals surface area contributed by atoms with Crippen molar-refractivity contribution in [3.8, 4) is 0 Å². The predicted molar refractivity (Wildman–Crippen MR) is 62.9 cm³/mol. The van der Waals surface area contributed by atoms with Gasteiger partial charge in [-0.2, -0.15) is 5.10 Å². The molecule has 0 aromatic heterocycles. The highest BCUT2D eigenvalue weighted by Gasteiger charge is 2.07. The van der Waals surface area contributed by atoms with Crippen molar-refractivity contribution in [3.63, 3.8) is 0 Å². The van der Waals surface area contributed by atoms with Crippen molar-refractivity contribution in [2.45, 2.75) is 19.4 Å². The number of hydrogen-bond donors (Lipinski definition) is 1. The van der Waals surface area contributed by atoms with Gasteiger partial charge in [-0.25, -0.2) is 4.39 Å². The Bertz CT molecular complexity index is 333. The summed E-state index contributed by atoms with van der Waals surface area (Å²) >= 11 is 0. The Morgan fingerprint density at radius 3 is 2.56 bits per heavy atom. The van der Waals surface area contributed by atoms with E-state index < -0.39 is 0 Å². The van der Waals surface area contributed by atoms with Crippen LogP contribution in [0.25, 0.3) is 0 Å². The van der Waals surface area contributed by atoms with E-state index in [0.717, 1.165) is 12.0 Å². The number of nitrogens with zero attached hydrogens (tertiary/aromatic N) is 2. The molecule has 0 aliphatic rings. The fourth-order valence-corrected chi connectivity index (χ4v) is 1.31. The van der Waals surface area contributed by atoms with Crippen LogP contribution >= 0.6 is 0 Å². The maximum Gasteiger partial charge on any atom is 0.123 e. The molecule has 4 heteroatoms. The molecule has 0 radical (unpaired) electrons. The lowest BCUT2D eigenvalue weighted by atomic mass is 10.2. The number of halogens is 1. The van der Waals surface area contributed by atoms with Gasteiger partial charge in [0.25, 0.3) is 0 Å². The highest BCUT2D eigenvalue weighted by Crippen LogP contribution is 2.03. The molecule has 1 rings (SSSR count). The van der Waals surface area contributed by atoms with E-state index in [9.17, 15) is 4.39 Å². The first kappa shape index (κ1) is 12.6. The zero-order valence-electron chi connectivity index (χ0n) is 9.60. The summed E-state index contributed by atoms with van der Waals surface area (Å²) < 4.78 is 12.6. The molecule has 88 valence electrons. The van der Waals surface area contributed by atoms with Gasteiger partial charge >= 0.3 is 0 Å². The molecule has 1 aromatic carbocycles. The number of hydrazone groups is 1. The molecular weight excluding hydrogens is 207 g/mol. The third-order valence-corrected chi connectivity index (χ3v) is 2.47. The van der Waals surface area contributed by atoms with Crippen LogP contribution in [0.15, 0.2) is 29.4 Å². The summed E-state index contributed by atoms with van der Waals surface area (Å²) in [7, 11) is 1.81. The second-order valence-corrected chi connectivity index (χ2v) is 3.61. The lowest BCUT2D eigenvalue weighted by Gasteiger charge is -2.21. The standard InChI is InChI=1S/C12H17FN2O/c1-3-12(9-16)15(2)14-8-10-4-6-11(13)7-5-10/h4-8,12,16H,3,9H2,1-2H3/b14-8+/t12-/m1/s1. The van der Waals surface area contributed by atoms with Crippen LogP contribution in [0.4, 0.5) is 4.39 Å². The van der Waals surface area contributed by atoms with Gasteiger partial charge in [0.15, 0.2) is 0 Å². The fraction of sp³-hybridized carbons (Fsp3) is 0.417. The van der Waals surface area contributed by atoms with Crippen LogP contribution in [0.3, 0.4) is 0 Å². The van der Waals surface area contributed by atoms with Crippen molar-refractivity contribution in [3.05, 3.63) is 35.6 Å². The molecule has 1 N–H and O–H groups in total. The van der Waals surface area contributed by atoms with Crippen molar-refractivity contribution in [1.82, 2.24) is 5.01 Å². The van der Waals surface area contributed by atoms with Crippen LogP contribution in [0.5, 0.6) is 0 Å². The molecule has 0 spiro atoms. The van der Waals surface area contributed by atoms with Crippen LogP contribution in [-0.2, 0) is 0 Å². The Hall–Kier alpha value is -1.42. The van der Waals surface area contributed by atoms with Crippen molar-refractivity contribution < 1.29 is 9.50 Å². The zero-order valence-corrected chi connectivity index (χ0v) is 9.60.